The van der Waals surface area contributed by atoms with Gasteiger partial charge in [0.2, 0.25) is 0 Å². The zero-order valence-corrected chi connectivity index (χ0v) is 14.1. The van der Waals surface area contributed by atoms with E-state index in [1.54, 1.807) is 0 Å². The van der Waals surface area contributed by atoms with Crippen LogP contribution in [-0.4, -0.2) is 40.7 Å². The molecule has 2 N–H and O–H groups in total. The normalized spacial score (nSPS) is 26.2. The Kier molecular flexibility index (Phi) is 4.18. The number of hydrogen-bond acceptors (Lipinski definition) is 4. The number of hydrogen-bond donors (Lipinski definition) is 2. The van der Waals surface area contributed by atoms with Crippen molar-refractivity contribution in [2.45, 2.75) is 37.8 Å². The van der Waals surface area contributed by atoms with Gasteiger partial charge in [0.15, 0.2) is 0 Å². The molecule has 1 aliphatic carbocycles. The molecule has 8 heteroatoms. The topological polar surface area (TPSA) is 97.6 Å². The number of aromatic nitrogens is 1. The van der Waals surface area contributed by atoms with Crippen LogP contribution in [0.4, 0.5) is 4.79 Å². The highest BCUT2D eigenvalue weighted by atomic mass is 79.9. The van der Waals surface area contributed by atoms with Crippen molar-refractivity contribution in [3.05, 3.63) is 21.9 Å². The first kappa shape index (κ1) is 16.0. The Balaban J connectivity index is 2.04. The molecule has 0 fully saturated rings. The van der Waals surface area contributed by atoms with Crippen LogP contribution in [0.15, 0.2) is 10.7 Å². The van der Waals surface area contributed by atoms with Gasteiger partial charge in [-0.3, -0.25) is 9.59 Å². The average Bonchev–Trinajstić information content (AvgIpc) is 2.71. The van der Waals surface area contributed by atoms with Crippen molar-refractivity contribution in [3.8, 4) is 0 Å². The Hall–Kier alpha value is -1.83. The number of nitrogens with zero attached hydrogens (tertiary/aromatic N) is 1. The lowest BCUT2D eigenvalue weighted by atomic mass is 9.79. The summed E-state index contributed by atoms with van der Waals surface area (Å²) in [5.41, 5.74) is 1.85. The van der Waals surface area contributed by atoms with Gasteiger partial charge in [0, 0.05) is 24.7 Å². The van der Waals surface area contributed by atoms with Crippen LogP contribution in [0.5, 0.6) is 0 Å². The number of carbonyl (C=O) groups is 3. The van der Waals surface area contributed by atoms with Crippen LogP contribution in [0.3, 0.4) is 0 Å². The van der Waals surface area contributed by atoms with Gasteiger partial charge in [0.25, 0.3) is 0 Å². The minimum Gasteiger partial charge on any atom is -0.481 e. The maximum atomic E-state index is 12.7. The first-order chi connectivity index (χ1) is 10.9. The standard InChI is InChI=1S/C15H17BrN2O5/c1-23-15(22)17-9-3-2-7-5-11(16)18-6-8(14(20)21)4-10(19)12(9)13(7)18/h5,8-9,12H,2-4,6H2,1H3,(H,17,22)(H,20,21). The second kappa shape index (κ2) is 5.99. The quantitative estimate of drug-likeness (QED) is 0.808. The van der Waals surface area contributed by atoms with Gasteiger partial charge in [-0.05, 0) is 40.4 Å². The minimum absolute atomic E-state index is 0.0348. The maximum absolute atomic E-state index is 12.7. The summed E-state index contributed by atoms with van der Waals surface area (Å²) >= 11 is 3.46. The number of nitrogens with one attached hydrogen (secondary N) is 1. The molecule has 1 aromatic rings. The first-order valence-corrected chi connectivity index (χ1v) is 8.19. The van der Waals surface area contributed by atoms with Crippen molar-refractivity contribution in [3.63, 3.8) is 0 Å². The monoisotopic (exact) mass is 384 g/mol. The van der Waals surface area contributed by atoms with Crippen LogP contribution in [0.25, 0.3) is 0 Å². The number of rotatable bonds is 2. The molecular weight excluding hydrogens is 368 g/mol. The number of aryl methyl sites for hydroxylation is 1. The van der Waals surface area contributed by atoms with Crippen molar-refractivity contribution in [2.24, 2.45) is 5.92 Å². The average molecular weight is 385 g/mol. The minimum atomic E-state index is -0.983. The van der Waals surface area contributed by atoms with Gasteiger partial charge in [-0.2, -0.15) is 0 Å². The number of amides is 1. The van der Waals surface area contributed by atoms with Crippen molar-refractivity contribution in [1.29, 1.82) is 0 Å². The van der Waals surface area contributed by atoms with Gasteiger partial charge >= 0.3 is 12.1 Å². The number of ketones is 1. The van der Waals surface area contributed by atoms with Gasteiger partial charge in [-0.25, -0.2) is 4.79 Å². The van der Waals surface area contributed by atoms with E-state index in [2.05, 4.69) is 26.0 Å². The summed E-state index contributed by atoms with van der Waals surface area (Å²) in [6, 6.07) is 1.56. The van der Waals surface area contributed by atoms with Crippen molar-refractivity contribution >= 4 is 33.8 Å². The zero-order valence-electron chi connectivity index (χ0n) is 12.5. The molecule has 1 aromatic heterocycles. The molecule has 7 nitrogen and oxygen atoms in total. The fourth-order valence-corrected chi connectivity index (χ4v) is 4.18. The molecule has 124 valence electrons. The first-order valence-electron chi connectivity index (χ1n) is 7.40. The molecule has 2 aliphatic rings. The Morgan fingerprint density at radius 2 is 2.22 bits per heavy atom. The van der Waals surface area contributed by atoms with E-state index in [-0.39, 0.29) is 24.8 Å². The molecular formula is C15H17BrN2O5. The Morgan fingerprint density at radius 3 is 2.87 bits per heavy atom. The Morgan fingerprint density at radius 1 is 1.48 bits per heavy atom. The zero-order chi connectivity index (χ0) is 16.7. The highest BCUT2D eigenvalue weighted by Crippen LogP contribution is 2.40. The summed E-state index contributed by atoms with van der Waals surface area (Å²) in [7, 11) is 1.28. The number of alkyl carbamates (subject to hydrolysis) is 1. The number of methoxy groups -OCH3 is 1. The third-order valence-electron chi connectivity index (χ3n) is 4.63. The number of ether oxygens (including phenoxy) is 1. The number of halogens is 1. The van der Waals surface area contributed by atoms with E-state index < -0.39 is 23.9 Å². The summed E-state index contributed by atoms with van der Waals surface area (Å²) < 4.78 is 7.27. The van der Waals surface area contributed by atoms with Crippen molar-refractivity contribution < 1.29 is 24.2 Å². The molecule has 3 rings (SSSR count). The lowest BCUT2D eigenvalue weighted by Crippen LogP contribution is -2.44. The summed E-state index contributed by atoms with van der Waals surface area (Å²) in [4.78, 5) is 35.7. The van der Waals surface area contributed by atoms with Crippen LogP contribution >= 0.6 is 15.9 Å². The van der Waals surface area contributed by atoms with E-state index in [1.165, 1.54) is 7.11 Å². The fraction of sp³-hybridized carbons (Fsp3) is 0.533. The van der Waals surface area contributed by atoms with Crippen LogP contribution in [0.2, 0.25) is 0 Å². The Bertz CT molecular complexity index is 684. The molecule has 0 aromatic carbocycles. The second-order valence-electron chi connectivity index (χ2n) is 5.95. The summed E-state index contributed by atoms with van der Waals surface area (Å²) in [5.74, 6) is -2.43. The number of carbonyl (C=O) groups excluding carboxylic acids is 2. The highest BCUT2D eigenvalue weighted by Gasteiger charge is 2.43. The van der Waals surface area contributed by atoms with Crippen molar-refractivity contribution in [1.82, 2.24) is 9.88 Å². The van der Waals surface area contributed by atoms with E-state index in [9.17, 15) is 19.5 Å². The van der Waals surface area contributed by atoms with Crippen LogP contribution in [-0.2, 0) is 27.3 Å². The van der Waals surface area contributed by atoms with Gasteiger partial charge in [0.05, 0.1) is 23.5 Å². The van der Waals surface area contributed by atoms with E-state index in [0.717, 1.165) is 22.3 Å². The van der Waals surface area contributed by atoms with E-state index in [0.29, 0.717) is 6.42 Å². The summed E-state index contributed by atoms with van der Waals surface area (Å²) in [5, 5.41) is 12.1. The third kappa shape index (κ3) is 2.75. The highest BCUT2D eigenvalue weighted by molar-refractivity contribution is 9.10. The van der Waals surface area contributed by atoms with E-state index in [1.807, 2.05) is 10.6 Å². The number of Topliss-reactive ketones (excluding diaryl/α,β-unsaturated/α-hetero) is 1. The van der Waals surface area contributed by atoms with Crippen molar-refractivity contribution in [2.75, 3.05) is 7.11 Å². The molecule has 23 heavy (non-hydrogen) atoms. The summed E-state index contributed by atoms with van der Waals surface area (Å²) in [6.07, 6.45) is 0.721. The predicted octanol–water partition coefficient (Wildman–Crippen LogP) is 1.68. The van der Waals surface area contributed by atoms with Crippen LogP contribution in [0.1, 0.15) is 30.0 Å². The number of carboxylic acids is 1. The lowest BCUT2D eigenvalue weighted by molar-refractivity contribution is -0.144. The smallest absolute Gasteiger partial charge is 0.407 e. The van der Waals surface area contributed by atoms with Crippen LogP contribution in [0, 0.1) is 5.92 Å². The molecule has 0 radical (unpaired) electrons. The maximum Gasteiger partial charge on any atom is 0.407 e. The summed E-state index contributed by atoms with van der Waals surface area (Å²) in [6.45, 7) is 0.248. The molecule has 3 unspecified atom stereocenters. The molecule has 0 saturated carbocycles. The number of aliphatic carboxylic acids is 1. The number of carboxylic acid groups (broad SMARTS) is 1. The SMILES string of the molecule is COC(=O)NC1CCc2cc(Br)n3c2C1C(=O)CC(C(=O)O)C3. The molecule has 1 aliphatic heterocycles. The third-order valence-corrected chi connectivity index (χ3v) is 5.28. The molecule has 2 heterocycles. The Labute approximate surface area is 141 Å². The fourth-order valence-electron chi connectivity index (χ4n) is 3.57. The largest absolute Gasteiger partial charge is 0.481 e. The molecule has 0 spiro atoms. The molecule has 0 saturated heterocycles. The van der Waals surface area contributed by atoms with Gasteiger partial charge < -0.3 is 19.7 Å². The van der Waals surface area contributed by atoms with E-state index >= 15 is 0 Å². The van der Waals surface area contributed by atoms with Crippen LogP contribution < -0.4 is 5.32 Å². The second-order valence-corrected chi connectivity index (χ2v) is 6.76. The van der Waals surface area contributed by atoms with Gasteiger partial charge in [0.1, 0.15) is 5.78 Å². The predicted molar refractivity (Wildman–Crippen MR) is 83.3 cm³/mol. The molecule has 1 amide bonds. The van der Waals surface area contributed by atoms with Gasteiger partial charge in [-0.15, -0.1) is 0 Å². The molecule has 0 bridgehead atoms. The van der Waals surface area contributed by atoms with E-state index in [4.69, 9.17) is 0 Å². The lowest BCUT2D eigenvalue weighted by Gasteiger charge is -2.31. The van der Waals surface area contributed by atoms with Gasteiger partial charge in [-0.1, -0.05) is 0 Å². The molecule has 3 atom stereocenters.